The van der Waals surface area contributed by atoms with E-state index >= 15 is 0 Å². The molecule has 0 aromatic carbocycles. The highest BCUT2D eigenvalue weighted by molar-refractivity contribution is 5.19. The summed E-state index contributed by atoms with van der Waals surface area (Å²) in [6.07, 6.45) is 5.20. The van der Waals surface area contributed by atoms with Gasteiger partial charge >= 0.3 is 0 Å². The van der Waals surface area contributed by atoms with Crippen molar-refractivity contribution in [3.05, 3.63) is 36.0 Å². The molecule has 0 spiro atoms. The van der Waals surface area contributed by atoms with Crippen LogP contribution >= 0.6 is 0 Å². The third-order valence-electron chi connectivity index (χ3n) is 2.65. The van der Waals surface area contributed by atoms with Crippen LogP contribution in [0.25, 0.3) is 0 Å². The number of rotatable bonds is 4. The normalized spacial score (nSPS) is 14.8. The average molecular weight is 252 g/mol. The molecule has 0 bridgehead atoms. The molecule has 0 aliphatic carbocycles. The van der Waals surface area contributed by atoms with E-state index in [1.807, 2.05) is 25.1 Å². The van der Waals surface area contributed by atoms with Gasteiger partial charge in [0.1, 0.15) is 6.61 Å². The first-order valence-corrected chi connectivity index (χ1v) is 5.71. The summed E-state index contributed by atoms with van der Waals surface area (Å²) in [6, 6.07) is 1.41. The number of hydrogen-bond acceptors (Lipinski definition) is 5. The fraction of sp³-hybridized carbons (Fsp3) is 0.417. The highest BCUT2D eigenvalue weighted by atomic mass is 19.1. The van der Waals surface area contributed by atoms with E-state index in [1.165, 1.54) is 6.07 Å². The van der Waals surface area contributed by atoms with Gasteiger partial charge in [-0.05, 0) is 32.4 Å². The smallest absolute Gasteiger partial charge is 0.250 e. The molecule has 0 saturated heterocycles. The van der Waals surface area contributed by atoms with Crippen LogP contribution in [-0.2, 0) is 0 Å². The third kappa shape index (κ3) is 2.70. The molecule has 0 unspecified atom stereocenters. The topological polar surface area (TPSA) is 49.4 Å². The maximum atomic E-state index is 13.6. The Balaban J connectivity index is 2.00. The predicted octanol–water partition coefficient (Wildman–Crippen LogP) is 1.48. The van der Waals surface area contributed by atoms with Crippen molar-refractivity contribution in [1.29, 1.82) is 0 Å². The van der Waals surface area contributed by atoms with Gasteiger partial charge in [0.2, 0.25) is 5.88 Å². The Kier molecular flexibility index (Phi) is 3.38. The molecule has 1 aromatic rings. The summed E-state index contributed by atoms with van der Waals surface area (Å²) >= 11 is 0. The molecule has 2 rings (SSSR count). The van der Waals surface area contributed by atoms with Gasteiger partial charge in [0.15, 0.2) is 5.82 Å². The van der Waals surface area contributed by atoms with Gasteiger partial charge in [-0.25, -0.2) is 9.37 Å². The molecule has 0 fully saturated rings. The van der Waals surface area contributed by atoms with Gasteiger partial charge in [0, 0.05) is 18.6 Å². The first-order chi connectivity index (χ1) is 8.49. The Hall–Kier alpha value is -1.82. The Morgan fingerprint density at radius 2 is 2.28 bits per heavy atom. The molecule has 5 nitrogen and oxygen atoms in total. The lowest BCUT2D eigenvalue weighted by atomic mass is 10.1. The van der Waals surface area contributed by atoms with Crippen LogP contribution in [0.5, 0.6) is 5.88 Å². The molecular formula is C12H17FN4O. The summed E-state index contributed by atoms with van der Waals surface area (Å²) in [5.41, 5.74) is 6.22. The quantitative estimate of drug-likeness (QED) is 0.850. The molecule has 0 atom stereocenters. The second kappa shape index (κ2) is 4.81. The Bertz CT molecular complexity index is 461. The van der Waals surface area contributed by atoms with Crippen molar-refractivity contribution >= 4 is 0 Å². The summed E-state index contributed by atoms with van der Waals surface area (Å²) in [4.78, 5) is 3.94. The van der Waals surface area contributed by atoms with E-state index in [1.54, 1.807) is 19.3 Å². The summed E-state index contributed by atoms with van der Waals surface area (Å²) in [7, 11) is 0. The monoisotopic (exact) mass is 252 g/mol. The van der Waals surface area contributed by atoms with Crippen LogP contribution in [0, 0.1) is 12.7 Å². The van der Waals surface area contributed by atoms with Gasteiger partial charge in [-0.2, -0.15) is 0 Å². The van der Waals surface area contributed by atoms with E-state index in [-0.39, 0.29) is 11.4 Å². The van der Waals surface area contributed by atoms with Gasteiger partial charge in [0.25, 0.3) is 0 Å². The van der Waals surface area contributed by atoms with Gasteiger partial charge in [0.05, 0.1) is 5.54 Å². The van der Waals surface area contributed by atoms with Crippen molar-refractivity contribution in [2.75, 3.05) is 6.61 Å². The number of halogens is 1. The van der Waals surface area contributed by atoms with Crippen LogP contribution in [0.1, 0.15) is 19.4 Å². The third-order valence-corrected chi connectivity index (χ3v) is 2.65. The minimum Gasteiger partial charge on any atom is -0.473 e. The van der Waals surface area contributed by atoms with E-state index in [4.69, 9.17) is 4.74 Å². The van der Waals surface area contributed by atoms with E-state index in [2.05, 4.69) is 15.9 Å². The summed E-state index contributed by atoms with van der Waals surface area (Å²) in [5, 5.41) is 1.85. The van der Waals surface area contributed by atoms with Crippen LogP contribution in [0.2, 0.25) is 0 Å². The SMILES string of the molecule is Cc1cnc(OCC(C)(C)N2C=CNN2)c(F)c1. The number of hydrazine groups is 2. The number of aromatic nitrogens is 1. The molecule has 0 radical (unpaired) electrons. The van der Waals surface area contributed by atoms with Crippen molar-refractivity contribution in [3.8, 4) is 5.88 Å². The summed E-state index contributed by atoms with van der Waals surface area (Å²) < 4.78 is 19.0. The molecule has 0 amide bonds. The van der Waals surface area contributed by atoms with Crippen molar-refractivity contribution in [3.63, 3.8) is 0 Å². The number of pyridine rings is 1. The molecular weight excluding hydrogens is 235 g/mol. The molecule has 6 heteroatoms. The standard InChI is InChI=1S/C12H17FN4O/c1-9-6-10(13)11(14-7-9)18-8-12(2,3)17-5-4-15-16-17/h4-7,15-16H,8H2,1-3H3. The van der Waals surface area contributed by atoms with E-state index in [9.17, 15) is 4.39 Å². The van der Waals surface area contributed by atoms with Gasteiger partial charge in [-0.15, -0.1) is 5.53 Å². The van der Waals surface area contributed by atoms with E-state index in [0.29, 0.717) is 6.61 Å². The van der Waals surface area contributed by atoms with Crippen LogP contribution in [-0.4, -0.2) is 22.1 Å². The van der Waals surface area contributed by atoms with Crippen molar-refractivity contribution in [1.82, 2.24) is 21.0 Å². The van der Waals surface area contributed by atoms with Crippen LogP contribution in [0.15, 0.2) is 24.7 Å². The maximum absolute atomic E-state index is 13.6. The molecule has 98 valence electrons. The number of nitrogens with one attached hydrogen (secondary N) is 2. The molecule has 18 heavy (non-hydrogen) atoms. The Morgan fingerprint density at radius 1 is 1.50 bits per heavy atom. The highest BCUT2D eigenvalue weighted by Crippen LogP contribution is 2.19. The highest BCUT2D eigenvalue weighted by Gasteiger charge is 2.27. The zero-order valence-corrected chi connectivity index (χ0v) is 10.7. The fourth-order valence-electron chi connectivity index (χ4n) is 1.55. The first kappa shape index (κ1) is 12.6. The molecule has 1 aromatic heterocycles. The molecule has 1 aliphatic rings. The van der Waals surface area contributed by atoms with Crippen LogP contribution in [0.4, 0.5) is 4.39 Å². The summed E-state index contributed by atoms with van der Waals surface area (Å²) in [5.74, 6) is -0.404. The van der Waals surface area contributed by atoms with Crippen LogP contribution in [0.3, 0.4) is 0 Å². The lowest BCUT2D eigenvalue weighted by molar-refractivity contribution is 0.0652. The average Bonchev–Trinajstić information content (AvgIpc) is 2.82. The van der Waals surface area contributed by atoms with Gasteiger partial charge in [-0.1, -0.05) is 0 Å². The zero-order valence-electron chi connectivity index (χ0n) is 10.7. The number of nitrogens with zero attached hydrogens (tertiary/aromatic N) is 2. The fourth-order valence-corrected chi connectivity index (χ4v) is 1.55. The largest absolute Gasteiger partial charge is 0.473 e. The molecule has 0 saturated carbocycles. The number of aryl methyl sites for hydroxylation is 1. The lowest BCUT2D eigenvalue weighted by Crippen LogP contribution is -2.52. The second-order valence-electron chi connectivity index (χ2n) is 4.84. The van der Waals surface area contributed by atoms with Crippen molar-refractivity contribution in [2.24, 2.45) is 0 Å². The lowest BCUT2D eigenvalue weighted by Gasteiger charge is -2.34. The van der Waals surface area contributed by atoms with Crippen molar-refractivity contribution in [2.45, 2.75) is 26.3 Å². The van der Waals surface area contributed by atoms with E-state index < -0.39 is 5.82 Å². The Labute approximate surface area is 106 Å². The van der Waals surface area contributed by atoms with E-state index in [0.717, 1.165) is 5.56 Å². The summed E-state index contributed by atoms with van der Waals surface area (Å²) in [6.45, 7) is 6.04. The molecule has 2 N–H and O–H groups in total. The number of hydrogen-bond donors (Lipinski definition) is 2. The first-order valence-electron chi connectivity index (χ1n) is 5.71. The predicted molar refractivity (Wildman–Crippen MR) is 65.8 cm³/mol. The van der Waals surface area contributed by atoms with Crippen LogP contribution < -0.4 is 15.7 Å². The molecule has 1 aliphatic heterocycles. The van der Waals surface area contributed by atoms with Crippen molar-refractivity contribution < 1.29 is 9.13 Å². The zero-order chi connectivity index (χ0) is 13.2. The Morgan fingerprint density at radius 3 is 2.89 bits per heavy atom. The molecule has 2 heterocycles. The maximum Gasteiger partial charge on any atom is 0.250 e. The second-order valence-corrected chi connectivity index (χ2v) is 4.84. The van der Waals surface area contributed by atoms with Gasteiger partial charge in [-0.3, -0.25) is 5.01 Å². The minimum atomic E-state index is -0.436. The number of ether oxygens (including phenoxy) is 1. The minimum absolute atomic E-state index is 0.0322. The van der Waals surface area contributed by atoms with Gasteiger partial charge < -0.3 is 10.2 Å².